The highest BCUT2D eigenvalue weighted by molar-refractivity contribution is 7.15. The van der Waals surface area contributed by atoms with Gasteiger partial charge in [-0.3, -0.25) is 4.79 Å². The van der Waals surface area contributed by atoms with Crippen LogP contribution in [-0.2, 0) is 17.6 Å². The van der Waals surface area contributed by atoms with E-state index in [1.807, 2.05) is 6.07 Å². The Balaban J connectivity index is 1.14. The Morgan fingerprint density at radius 2 is 1.77 bits per heavy atom. The number of carbonyl (C=O) groups excluding carboxylic acids is 1. The number of halogens is 3. The molecule has 1 fully saturated rings. The van der Waals surface area contributed by atoms with E-state index in [1.54, 1.807) is 24.3 Å². The third-order valence-electron chi connectivity index (χ3n) is 6.61. The van der Waals surface area contributed by atoms with Crippen molar-refractivity contribution in [2.75, 3.05) is 10.6 Å². The van der Waals surface area contributed by atoms with Gasteiger partial charge in [0.1, 0.15) is 33.8 Å². The van der Waals surface area contributed by atoms with E-state index in [2.05, 4.69) is 40.7 Å². The lowest BCUT2D eigenvalue weighted by atomic mass is 9.82. The number of pyridine rings is 1. The smallest absolute Gasteiger partial charge is 0.406 e. The number of nitrogens with one attached hydrogen (secondary N) is 2. The van der Waals surface area contributed by atoms with Crippen LogP contribution in [0.15, 0.2) is 42.5 Å². The number of ether oxygens (including phenoxy) is 1. The van der Waals surface area contributed by atoms with Gasteiger partial charge in [0, 0.05) is 18.3 Å². The Bertz CT molecular complexity index is 1610. The number of benzene rings is 1. The topological polar surface area (TPSA) is 159 Å². The van der Waals surface area contributed by atoms with Gasteiger partial charge in [0.15, 0.2) is 0 Å². The quantitative estimate of drug-likeness (QED) is 0.200. The fraction of sp³-hybridized carbons (Fsp3) is 0.370. The van der Waals surface area contributed by atoms with Crippen molar-refractivity contribution in [2.24, 2.45) is 0 Å². The molecule has 0 bridgehead atoms. The highest BCUT2D eigenvalue weighted by Gasteiger charge is 2.31. The largest absolute Gasteiger partial charge is 0.573 e. The van der Waals surface area contributed by atoms with Crippen molar-refractivity contribution >= 4 is 38.8 Å². The maximum atomic E-state index is 12.5. The molecule has 0 saturated heterocycles. The third-order valence-corrected chi connectivity index (χ3v) is 8.63. The molecule has 3 atom stereocenters. The number of aliphatic hydroxyl groups is 1. The molecule has 224 valence electrons. The summed E-state index contributed by atoms with van der Waals surface area (Å²) in [6.07, 6.45) is -2.29. The normalized spacial score (nSPS) is 17.6. The van der Waals surface area contributed by atoms with Crippen LogP contribution < -0.4 is 15.4 Å². The number of alkyl halides is 3. The van der Waals surface area contributed by atoms with E-state index in [1.165, 1.54) is 40.9 Å². The van der Waals surface area contributed by atoms with E-state index in [4.69, 9.17) is 5.26 Å². The first-order valence-electron chi connectivity index (χ1n) is 13.3. The number of anilines is 2. The fourth-order valence-corrected chi connectivity index (χ4v) is 6.65. The van der Waals surface area contributed by atoms with Gasteiger partial charge in [-0.2, -0.15) is 5.26 Å². The lowest BCUT2D eigenvalue weighted by molar-refractivity contribution is -0.274. The molecule has 1 amide bonds. The minimum absolute atomic E-state index is 0.0108. The maximum absolute atomic E-state index is 12.5. The first kappa shape index (κ1) is 30.3. The maximum Gasteiger partial charge on any atom is 0.573 e. The second-order valence-corrected chi connectivity index (χ2v) is 11.9. The van der Waals surface area contributed by atoms with Gasteiger partial charge in [0.05, 0.1) is 12.1 Å². The standard InChI is InChI=1S/C27H25F3N8O3S2/c28-27(29,30)41-20-9-1-4-15(10-20)11-21(39)33-25-37-35-23(42-25)16-5-2-6-17(12-16)24-36-38-26(43-24)34-22(40)13-18-7-3-8-19(14-31)32-18/h1,3-4,7-10,16-17,21,39H,2,5-6,11-13H2,(H,33,37)(H,34,38,40). The Kier molecular flexibility index (Phi) is 9.43. The summed E-state index contributed by atoms with van der Waals surface area (Å²) in [7, 11) is 0. The number of nitrogens with zero attached hydrogens (tertiary/aromatic N) is 6. The van der Waals surface area contributed by atoms with E-state index < -0.39 is 12.6 Å². The molecule has 1 aliphatic rings. The van der Waals surface area contributed by atoms with Gasteiger partial charge in [-0.05, 0) is 49.1 Å². The van der Waals surface area contributed by atoms with Crippen molar-refractivity contribution in [2.45, 2.75) is 63.0 Å². The number of amides is 1. The van der Waals surface area contributed by atoms with Crippen LogP contribution >= 0.6 is 22.7 Å². The van der Waals surface area contributed by atoms with Crippen LogP contribution in [0.3, 0.4) is 0 Å². The van der Waals surface area contributed by atoms with Crippen LogP contribution in [0.4, 0.5) is 23.4 Å². The minimum atomic E-state index is -4.80. The van der Waals surface area contributed by atoms with Gasteiger partial charge >= 0.3 is 6.36 Å². The summed E-state index contributed by atoms with van der Waals surface area (Å²) < 4.78 is 41.5. The molecule has 3 heterocycles. The third kappa shape index (κ3) is 8.66. The number of rotatable bonds is 10. The highest BCUT2D eigenvalue weighted by atomic mass is 32.1. The summed E-state index contributed by atoms with van der Waals surface area (Å²) in [5, 5.41) is 44.4. The molecule has 3 N–H and O–H groups in total. The zero-order chi connectivity index (χ0) is 30.4. The zero-order valence-corrected chi connectivity index (χ0v) is 24.0. The van der Waals surface area contributed by atoms with Gasteiger partial charge in [0.2, 0.25) is 16.2 Å². The first-order chi connectivity index (χ1) is 20.6. The summed E-state index contributed by atoms with van der Waals surface area (Å²) in [5.41, 5.74) is 1.19. The van der Waals surface area contributed by atoms with E-state index >= 15 is 0 Å². The number of aromatic nitrogens is 5. The molecule has 4 aromatic rings. The minimum Gasteiger partial charge on any atom is -0.406 e. The molecule has 0 aliphatic heterocycles. The number of hydrogen-bond acceptors (Lipinski definition) is 12. The van der Waals surface area contributed by atoms with Crippen molar-refractivity contribution in [3.05, 3.63) is 69.4 Å². The summed E-state index contributed by atoms with van der Waals surface area (Å²) in [6.45, 7) is 0. The average Bonchev–Trinajstić information content (AvgIpc) is 3.62. The molecule has 11 nitrogen and oxygen atoms in total. The van der Waals surface area contributed by atoms with Crippen LogP contribution in [0.5, 0.6) is 5.75 Å². The second-order valence-electron chi connectivity index (χ2n) is 9.86. The SMILES string of the molecule is N#Cc1cccc(CC(=O)Nc2nnc(C3CCCC(c4nnc(NC(O)Cc5cccc(OC(F)(F)F)c5)s4)C3)s2)n1. The highest BCUT2D eigenvalue weighted by Crippen LogP contribution is 2.43. The summed E-state index contributed by atoms with van der Waals surface area (Å²) in [6, 6.07) is 12.3. The molecule has 0 radical (unpaired) electrons. The van der Waals surface area contributed by atoms with Gasteiger partial charge in [0.25, 0.3) is 0 Å². The van der Waals surface area contributed by atoms with Gasteiger partial charge < -0.3 is 20.5 Å². The van der Waals surface area contributed by atoms with E-state index in [0.29, 0.717) is 21.5 Å². The van der Waals surface area contributed by atoms with Crippen molar-refractivity contribution in [3.8, 4) is 11.8 Å². The molecule has 1 saturated carbocycles. The molecule has 16 heteroatoms. The van der Waals surface area contributed by atoms with E-state index in [0.717, 1.165) is 35.7 Å². The predicted molar refractivity (Wildman–Crippen MR) is 152 cm³/mol. The van der Waals surface area contributed by atoms with E-state index in [9.17, 15) is 23.1 Å². The van der Waals surface area contributed by atoms with Crippen molar-refractivity contribution in [3.63, 3.8) is 0 Å². The van der Waals surface area contributed by atoms with Crippen LogP contribution in [0.1, 0.15) is 64.5 Å². The Morgan fingerprint density at radius 1 is 1.07 bits per heavy atom. The summed E-state index contributed by atoms with van der Waals surface area (Å²) in [4.78, 5) is 16.6. The lowest BCUT2D eigenvalue weighted by Crippen LogP contribution is -2.21. The fourth-order valence-electron chi connectivity index (χ4n) is 4.80. The van der Waals surface area contributed by atoms with Crippen molar-refractivity contribution < 1.29 is 27.8 Å². The van der Waals surface area contributed by atoms with Crippen LogP contribution in [-0.4, -0.2) is 49.0 Å². The van der Waals surface area contributed by atoms with Crippen LogP contribution in [0, 0.1) is 11.3 Å². The van der Waals surface area contributed by atoms with Crippen molar-refractivity contribution in [1.29, 1.82) is 5.26 Å². The molecule has 3 aromatic heterocycles. The number of nitriles is 1. The summed E-state index contributed by atoms with van der Waals surface area (Å²) >= 11 is 2.65. The second kappa shape index (κ2) is 13.4. The van der Waals surface area contributed by atoms with Gasteiger partial charge in [-0.25, -0.2) is 4.98 Å². The Morgan fingerprint density at radius 3 is 2.49 bits per heavy atom. The number of aliphatic hydroxyl groups excluding tert-OH is 1. The lowest BCUT2D eigenvalue weighted by Gasteiger charge is -2.25. The van der Waals surface area contributed by atoms with Crippen LogP contribution in [0.25, 0.3) is 0 Å². The molecule has 1 aliphatic carbocycles. The van der Waals surface area contributed by atoms with Crippen LogP contribution in [0.2, 0.25) is 0 Å². The summed E-state index contributed by atoms with van der Waals surface area (Å²) in [5.74, 6) is -0.398. The van der Waals surface area contributed by atoms with Gasteiger partial charge in [-0.15, -0.1) is 33.6 Å². The zero-order valence-electron chi connectivity index (χ0n) is 22.4. The Hall–Kier alpha value is -4.20. The predicted octanol–water partition coefficient (Wildman–Crippen LogP) is 5.15. The molecular weight excluding hydrogens is 605 g/mol. The van der Waals surface area contributed by atoms with E-state index in [-0.39, 0.29) is 42.0 Å². The first-order valence-corrected chi connectivity index (χ1v) is 14.9. The number of carbonyl (C=O) groups is 1. The Labute approximate surface area is 251 Å². The average molecular weight is 631 g/mol. The number of hydrogen-bond donors (Lipinski definition) is 3. The molecule has 43 heavy (non-hydrogen) atoms. The molecule has 0 spiro atoms. The molecule has 3 unspecified atom stereocenters. The molecule has 5 rings (SSSR count). The van der Waals surface area contributed by atoms with Crippen molar-refractivity contribution in [1.82, 2.24) is 25.4 Å². The molecule has 1 aromatic carbocycles. The monoisotopic (exact) mass is 630 g/mol. The molecular formula is C27H25F3N8O3S2. The van der Waals surface area contributed by atoms with Gasteiger partial charge in [-0.1, -0.05) is 47.3 Å².